The van der Waals surface area contributed by atoms with Crippen LogP contribution in [0.3, 0.4) is 0 Å². The van der Waals surface area contributed by atoms with Gasteiger partial charge in [0.2, 0.25) is 0 Å². The predicted molar refractivity (Wildman–Crippen MR) is 94.2 cm³/mol. The summed E-state index contributed by atoms with van der Waals surface area (Å²) in [6, 6.07) is 10.1. The van der Waals surface area contributed by atoms with E-state index in [0.29, 0.717) is 6.54 Å². The highest BCUT2D eigenvalue weighted by Crippen LogP contribution is 2.30. The molecule has 0 aliphatic carbocycles. The monoisotopic (exact) mass is 381 g/mol. The summed E-state index contributed by atoms with van der Waals surface area (Å²) in [5.41, 5.74) is 7.81. The zero-order valence-corrected chi connectivity index (χ0v) is 14.2. The van der Waals surface area contributed by atoms with Crippen LogP contribution >= 0.6 is 38.9 Å². The average Bonchev–Trinajstić information content (AvgIpc) is 2.90. The molecule has 1 atom stereocenters. The molecule has 3 rings (SSSR count). The maximum absolute atomic E-state index is 6.00. The van der Waals surface area contributed by atoms with Crippen LogP contribution in [0.15, 0.2) is 46.4 Å². The van der Waals surface area contributed by atoms with Crippen LogP contribution in [-0.4, -0.2) is 11.5 Å². The van der Waals surface area contributed by atoms with E-state index in [0.717, 1.165) is 31.0 Å². The molecule has 0 fully saturated rings. The Morgan fingerprint density at radius 1 is 1.38 bits per heavy atom. The number of thiophene rings is 1. The number of nitrogens with one attached hydrogen (secondary N) is 1. The molecule has 108 valence electrons. The van der Waals surface area contributed by atoms with Crippen LogP contribution < -0.4 is 11.1 Å². The molecule has 6 heteroatoms. The van der Waals surface area contributed by atoms with Crippen LogP contribution in [0.25, 0.3) is 10.9 Å². The molecule has 2 heterocycles. The maximum atomic E-state index is 6.00. The summed E-state index contributed by atoms with van der Waals surface area (Å²) >= 11 is 11.1. The first-order valence-corrected chi connectivity index (χ1v) is 8.47. The van der Waals surface area contributed by atoms with E-state index in [1.165, 1.54) is 0 Å². The van der Waals surface area contributed by atoms with E-state index in [1.807, 2.05) is 35.7 Å². The van der Waals surface area contributed by atoms with E-state index in [9.17, 15) is 0 Å². The van der Waals surface area contributed by atoms with Gasteiger partial charge in [0, 0.05) is 32.9 Å². The van der Waals surface area contributed by atoms with Gasteiger partial charge >= 0.3 is 0 Å². The first-order valence-electron chi connectivity index (χ1n) is 6.42. The Morgan fingerprint density at radius 2 is 2.24 bits per heavy atom. The highest BCUT2D eigenvalue weighted by molar-refractivity contribution is 9.10. The van der Waals surface area contributed by atoms with Crippen LogP contribution in [-0.2, 0) is 0 Å². The molecule has 0 saturated carbocycles. The summed E-state index contributed by atoms with van der Waals surface area (Å²) in [6.45, 7) is 0.490. The topological polar surface area (TPSA) is 50.9 Å². The van der Waals surface area contributed by atoms with Gasteiger partial charge in [-0.05, 0) is 34.1 Å². The number of pyridine rings is 1. The third-order valence-corrected chi connectivity index (χ3v) is 5.00. The van der Waals surface area contributed by atoms with E-state index >= 15 is 0 Å². The largest absolute Gasteiger partial charge is 0.374 e. The maximum Gasteiger partial charge on any atom is 0.0934 e. The third-order valence-electron chi connectivity index (χ3n) is 3.17. The summed E-state index contributed by atoms with van der Waals surface area (Å²) < 4.78 is 0.965. The molecule has 2 aromatic heterocycles. The molecule has 3 aromatic rings. The Bertz CT molecular complexity index is 774. The summed E-state index contributed by atoms with van der Waals surface area (Å²) in [6.07, 6.45) is 1.80. The zero-order chi connectivity index (χ0) is 14.8. The van der Waals surface area contributed by atoms with Crippen LogP contribution in [0.5, 0.6) is 0 Å². The lowest BCUT2D eigenvalue weighted by atomic mass is 10.1. The second-order valence-corrected chi connectivity index (χ2v) is 6.93. The van der Waals surface area contributed by atoms with E-state index in [-0.39, 0.29) is 6.04 Å². The van der Waals surface area contributed by atoms with Crippen LogP contribution in [0.4, 0.5) is 5.69 Å². The van der Waals surface area contributed by atoms with Crippen molar-refractivity contribution in [2.45, 2.75) is 6.04 Å². The molecule has 1 unspecified atom stereocenters. The van der Waals surface area contributed by atoms with Gasteiger partial charge in [0.25, 0.3) is 0 Å². The SMILES string of the molecule is NCC(Nc1cccc2cc(Br)cnc12)c1cc(Cl)cs1. The Labute approximate surface area is 140 Å². The van der Waals surface area contributed by atoms with Gasteiger partial charge < -0.3 is 11.1 Å². The lowest BCUT2D eigenvalue weighted by molar-refractivity contribution is 0.807. The van der Waals surface area contributed by atoms with Crippen molar-refractivity contribution in [3.63, 3.8) is 0 Å². The van der Waals surface area contributed by atoms with Gasteiger partial charge in [-0.2, -0.15) is 0 Å². The lowest BCUT2D eigenvalue weighted by Crippen LogP contribution is -2.19. The Balaban J connectivity index is 1.96. The van der Waals surface area contributed by atoms with E-state index < -0.39 is 0 Å². The second-order valence-electron chi connectivity index (χ2n) is 4.63. The normalized spacial score (nSPS) is 12.5. The third kappa shape index (κ3) is 3.21. The van der Waals surface area contributed by atoms with Crippen molar-refractivity contribution >= 4 is 55.5 Å². The van der Waals surface area contributed by atoms with Gasteiger partial charge in [-0.1, -0.05) is 23.7 Å². The van der Waals surface area contributed by atoms with E-state index in [4.69, 9.17) is 17.3 Å². The molecule has 0 aliphatic heterocycles. The second kappa shape index (κ2) is 6.32. The number of fused-ring (bicyclic) bond motifs is 1. The molecule has 3 N–H and O–H groups in total. The van der Waals surface area contributed by atoms with Gasteiger partial charge in [-0.3, -0.25) is 4.98 Å². The predicted octanol–water partition coefficient (Wildman–Crippen LogP) is 4.82. The standard InChI is InChI=1S/C15H13BrClN3S/c16-10-4-9-2-1-3-12(15(9)19-7-10)20-13(6-18)14-5-11(17)8-21-14/h1-5,7-8,13,20H,6,18H2. The number of benzene rings is 1. The average molecular weight is 383 g/mol. The quantitative estimate of drug-likeness (QED) is 0.680. The number of nitrogens with zero attached hydrogens (tertiary/aromatic N) is 1. The van der Waals surface area contributed by atoms with Crippen LogP contribution in [0.1, 0.15) is 10.9 Å². The van der Waals surface area contributed by atoms with Gasteiger partial charge in [0.05, 0.1) is 22.3 Å². The summed E-state index contributed by atoms with van der Waals surface area (Å²) in [5, 5.41) is 7.21. The molecule has 0 bridgehead atoms. The fourth-order valence-corrected chi connectivity index (χ4v) is 3.69. The summed E-state index contributed by atoms with van der Waals surface area (Å²) in [7, 11) is 0. The number of para-hydroxylation sites is 1. The fraction of sp³-hybridized carbons (Fsp3) is 0.133. The molecule has 1 aromatic carbocycles. The molecule has 0 spiro atoms. The van der Waals surface area contributed by atoms with Gasteiger partial charge in [0.1, 0.15) is 0 Å². The van der Waals surface area contributed by atoms with Crippen molar-refractivity contribution in [3.05, 3.63) is 56.3 Å². The Hall–Kier alpha value is -1.14. The molecular formula is C15H13BrClN3S. The molecule has 0 radical (unpaired) electrons. The van der Waals surface area contributed by atoms with Crippen molar-refractivity contribution in [1.29, 1.82) is 0 Å². The molecule has 0 aliphatic rings. The van der Waals surface area contributed by atoms with E-state index in [2.05, 4.69) is 26.2 Å². The van der Waals surface area contributed by atoms with Crippen molar-refractivity contribution in [3.8, 4) is 0 Å². The summed E-state index contributed by atoms with van der Waals surface area (Å²) in [4.78, 5) is 5.62. The van der Waals surface area contributed by atoms with Crippen molar-refractivity contribution in [2.24, 2.45) is 5.73 Å². The number of halogens is 2. The zero-order valence-electron chi connectivity index (χ0n) is 11.0. The Kier molecular flexibility index (Phi) is 4.45. The Morgan fingerprint density at radius 3 is 2.95 bits per heavy atom. The highest BCUT2D eigenvalue weighted by Gasteiger charge is 2.13. The number of aromatic nitrogens is 1. The lowest BCUT2D eigenvalue weighted by Gasteiger charge is -2.18. The molecular weight excluding hydrogens is 370 g/mol. The summed E-state index contributed by atoms with van der Waals surface area (Å²) in [5.74, 6) is 0. The minimum Gasteiger partial charge on any atom is -0.374 e. The molecule has 21 heavy (non-hydrogen) atoms. The van der Waals surface area contributed by atoms with Crippen molar-refractivity contribution in [2.75, 3.05) is 11.9 Å². The smallest absolute Gasteiger partial charge is 0.0934 e. The van der Waals surface area contributed by atoms with Gasteiger partial charge in [0.15, 0.2) is 0 Å². The number of rotatable bonds is 4. The minimum absolute atomic E-state index is 0.0264. The molecule has 3 nitrogen and oxygen atoms in total. The van der Waals surface area contributed by atoms with Crippen molar-refractivity contribution in [1.82, 2.24) is 4.98 Å². The fourth-order valence-electron chi connectivity index (χ4n) is 2.20. The van der Waals surface area contributed by atoms with Crippen molar-refractivity contribution < 1.29 is 0 Å². The van der Waals surface area contributed by atoms with Gasteiger partial charge in [-0.15, -0.1) is 11.3 Å². The first-order chi connectivity index (χ1) is 10.2. The van der Waals surface area contributed by atoms with E-state index in [1.54, 1.807) is 17.5 Å². The van der Waals surface area contributed by atoms with Crippen LogP contribution in [0, 0.1) is 0 Å². The van der Waals surface area contributed by atoms with Crippen LogP contribution in [0.2, 0.25) is 5.02 Å². The highest BCUT2D eigenvalue weighted by atomic mass is 79.9. The number of hydrogen-bond acceptors (Lipinski definition) is 4. The number of nitrogens with two attached hydrogens (primary N) is 1. The first kappa shape index (κ1) is 14.8. The number of anilines is 1. The minimum atomic E-state index is 0.0264. The molecule has 0 saturated heterocycles. The molecule has 0 amide bonds. The number of hydrogen-bond donors (Lipinski definition) is 2. The van der Waals surface area contributed by atoms with Gasteiger partial charge in [-0.25, -0.2) is 0 Å².